The number of likely N-dealkylation sites (tertiary alicyclic amines) is 1. The second-order valence-corrected chi connectivity index (χ2v) is 4.28. The van der Waals surface area contributed by atoms with E-state index in [2.05, 4.69) is 4.90 Å². The van der Waals surface area contributed by atoms with Gasteiger partial charge in [-0.05, 0) is 12.8 Å². The van der Waals surface area contributed by atoms with Gasteiger partial charge in [0.1, 0.15) is 0 Å². The minimum absolute atomic E-state index is 0. The topological polar surface area (TPSA) is 72.0 Å². The Morgan fingerprint density at radius 3 is 2.21 bits per heavy atom. The number of nitrogens with zero attached hydrogens (tertiary/aromatic N) is 1. The number of rotatable bonds is 2. The SMILES string of the molecule is O.O=C(O)C1CN(C2CCCCC2)C1. The Morgan fingerprint density at radius 2 is 1.71 bits per heavy atom. The second-order valence-electron chi connectivity index (χ2n) is 4.28. The molecule has 1 saturated heterocycles. The molecule has 3 N–H and O–H groups in total. The van der Waals surface area contributed by atoms with Gasteiger partial charge < -0.3 is 10.6 Å². The van der Waals surface area contributed by atoms with Crippen molar-refractivity contribution >= 4 is 5.97 Å². The number of carboxylic acid groups (broad SMARTS) is 1. The maximum absolute atomic E-state index is 10.6. The first kappa shape index (κ1) is 11.5. The van der Waals surface area contributed by atoms with Crippen LogP contribution in [0.2, 0.25) is 0 Å². The highest BCUT2D eigenvalue weighted by atomic mass is 16.4. The largest absolute Gasteiger partial charge is 0.481 e. The molecule has 1 heterocycles. The first-order valence-electron chi connectivity index (χ1n) is 5.24. The molecule has 0 aromatic carbocycles. The molecule has 2 rings (SSSR count). The number of carboxylic acids is 1. The van der Waals surface area contributed by atoms with Crippen LogP contribution in [0.3, 0.4) is 0 Å². The molecule has 14 heavy (non-hydrogen) atoms. The molecular weight excluding hydrogens is 182 g/mol. The predicted octanol–water partition coefficient (Wildman–Crippen LogP) is 0.511. The van der Waals surface area contributed by atoms with Crippen molar-refractivity contribution in [1.82, 2.24) is 4.90 Å². The summed E-state index contributed by atoms with van der Waals surface area (Å²) < 4.78 is 0. The molecule has 1 aliphatic heterocycles. The summed E-state index contributed by atoms with van der Waals surface area (Å²) in [6, 6.07) is 0.698. The van der Waals surface area contributed by atoms with Crippen LogP contribution in [0.25, 0.3) is 0 Å². The lowest BCUT2D eigenvalue weighted by Crippen LogP contribution is -2.55. The summed E-state index contributed by atoms with van der Waals surface area (Å²) >= 11 is 0. The van der Waals surface area contributed by atoms with Gasteiger partial charge in [0, 0.05) is 19.1 Å². The quantitative estimate of drug-likeness (QED) is 0.707. The number of carbonyl (C=O) groups is 1. The minimum Gasteiger partial charge on any atom is -0.481 e. The molecule has 1 aliphatic carbocycles. The lowest BCUT2D eigenvalue weighted by molar-refractivity contribution is -0.149. The highest BCUT2D eigenvalue weighted by molar-refractivity contribution is 5.71. The van der Waals surface area contributed by atoms with E-state index in [4.69, 9.17) is 5.11 Å². The molecule has 0 aromatic rings. The molecule has 0 radical (unpaired) electrons. The van der Waals surface area contributed by atoms with E-state index in [-0.39, 0.29) is 11.4 Å². The molecule has 0 bridgehead atoms. The first-order valence-corrected chi connectivity index (χ1v) is 5.24. The maximum Gasteiger partial charge on any atom is 0.309 e. The standard InChI is InChI=1S/C10H17NO2.H2O/c12-10(13)8-6-11(7-8)9-4-2-1-3-5-9;/h8-9H,1-7H2,(H,12,13);1H2. The van der Waals surface area contributed by atoms with Gasteiger partial charge in [-0.2, -0.15) is 0 Å². The van der Waals surface area contributed by atoms with Crippen molar-refractivity contribution in [3.63, 3.8) is 0 Å². The molecule has 1 saturated carbocycles. The second kappa shape index (κ2) is 4.75. The molecule has 2 aliphatic rings. The zero-order valence-corrected chi connectivity index (χ0v) is 8.41. The zero-order chi connectivity index (χ0) is 9.26. The molecule has 0 amide bonds. The third kappa shape index (κ3) is 2.25. The van der Waals surface area contributed by atoms with Crippen LogP contribution in [0.1, 0.15) is 32.1 Å². The van der Waals surface area contributed by atoms with Crippen molar-refractivity contribution in [3.05, 3.63) is 0 Å². The van der Waals surface area contributed by atoms with Gasteiger partial charge in [0.25, 0.3) is 0 Å². The molecule has 0 atom stereocenters. The van der Waals surface area contributed by atoms with Crippen LogP contribution in [-0.2, 0) is 4.79 Å². The summed E-state index contributed by atoms with van der Waals surface area (Å²) in [5, 5.41) is 8.72. The molecule has 0 unspecified atom stereocenters. The van der Waals surface area contributed by atoms with Gasteiger partial charge in [-0.15, -0.1) is 0 Å². The summed E-state index contributed by atoms with van der Waals surface area (Å²) in [6.45, 7) is 1.58. The summed E-state index contributed by atoms with van der Waals surface area (Å²) in [5.41, 5.74) is 0. The van der Waals surface area contributed by atoms with Crippen LogP contribution in [0, 0.1) is 5.92 Å². The lowest BCUT2D eigenvalue weighted by atomic mass is 9.89. The smallest absolute Gasteiger partial charge is 0.309 e. The molecule has 0 aromatic heterocycles. The fraction of sp³-hybridized carbons (Fsp3) is 0.900. The van der Waals surface area contributed by atoms with E-state index in [1.165, 1.54) is 32.1 Å². The third-order valence-corrected chi connectivity index (χ3v) is 3.35. The fourth-order valence-corrected chi connectivity index (χ4v) is 2.41. The average Bonchev–Trinajstić information content (AvgIpc) is 2.02. The van der Waals surface area contributed by atoms with Crippen molar-refractivity contribution in [3.8, 4) is 0 Å². The van der Waals surface area contributed by atoms with Crippen molar-refractivity contribution in [1.29, 1.82) is 0 Å². The lowest BCUT2D eigenvalue weighted by Gasteiger charge is -2.43. The van der Waals surface area contributed by atoms with E-state index >= 15 is 0 Å². The summed E-state index contributed by atoms with van der Waals surface area (Å²) in [7, 11) is 0. The highest BCUT2D eigenvalue weighted by Crippen LogP contribution is 2.28. The van der Waals surface area contributed by atoms with E-state index in [0.717, 1.165) is 13.1 Å². The maximum atomic E-state index is 10.6. The van der Waals surface area contributed by atoms with Gasteiger partial charge in [0.05, 0.1) is 5.92 Å². The van der Waals surface area contributed by atoms with Gasteiger partial charge in [-0.1, -0.05) is 19.3 Å². The van der Waals surface area contributed by atoms with Crippen LogP contribution < -0.4 is 0 Å². The van der Waals surface area contributed by atoms with Crippen LogP contribution in [0.5, 0.6) is 0 Å². The number of hydrogen-bond acceptors (Lipinski definition) is 2. The average molecular weight is 201 g/mol. The van der Waals surface area contributed by atoms with E-state index in [1.54, 1.807) is 0 Å². The van der Waals surface area contributed by atoms with E-state index in [1.807, 2.05) is 0 Å². The van der Waals surface area contributed by atoms with Crippen molar-refractivity contribution in [2.75, 3.05) is 13.1 Å². The fourth-order valence-electron chi connectivity index (χ4n) is 2.41. The Hall–Kier alpha value is -0.610. The monoisotopic (exact) mass is 201 g/mol. The molecular formula is C10H19NO3. The van der Waals surface area contributed by atoms with E-state index < -0.39 is 5.97 Å². The van der Waals surface area contributed by atoms with Gasteiger partial charge >= 0.3 is 5.97 Å². The molecule has 82 valence electrons. The zero-order valence-electron chi connectivity index (χ0n) is 8.41. The van der Waals surface area contributed by atoms with Crippen LogP contribution >= 0.6 is 0 Å². The highest BCUT2D eigenvalue weighted by Gasteiger charge is 2.36. The Morgan fingerprint density at radius 1 is 1.14 bits per heavy atom. The third-order valence-electron chi connectivity index (χ3n) is 3.35. The predicted molar refractivity (Wildman–Crippen MR) is 53.2 cm³/mol. The van der Waals surface area contributed by atoms with Crippen molar-refractivity contribution in [2.24, 2.45) is 5.92 Å². The van der Waals surface area contributed by atoms with Crippen molar-refractivity contribution in [2.45, 2.75) is 38.1 Å². The molecule has 4 heteroatoms. The summed E-state index contributed by atoms with van der Waals surface area (Å²) in [4.78, 5) is 12.9. The number of hydrogen-bond donors (Lipinski definition) is 1. The van der Waals surface area contributed by atoms with E-state index in [9.17, 15) is 4.79 Å². The van der Waals surface area contributed by atoms with Crippen LogP contribution in [0.15, 0.2) is 0 Å². The Kier molecular flexibility index (Phi) is 3.89. The van der Waals surface area contributed by atoms with Crippen molar-refractivity contribution < 1.29 is 15.4 Å². The summed E-state index contributed by atoms with van der Waals surface area (Å²) in [5.74, 6) is -0.700. The minimum atomic E-state index is -0.618. The van der Waals surface area contributed by atoms with Crippen LogP contribution in [0.4, 0.5) is 0 Å². The van der Waals surface area contributed by atoms with Gasteiger partial charge in [0.2, 0.25) is 0 Å². The van der Waals surface area contributed by atoms with Gasteiger partial charge in [0.15, 0.2) is 0 Å². The van der Waals surface area contributed by atoms with Crippen LogP contribution in [-0.4, -0.2) is 40.6 Å². The summed E-state index contributed by atoms with van der Waals surface area (Å²) in [6.07, 6.45) is 6.60. The van der Waals surface area contributed by atoms with E-state index in [0.29, 0.717) is 6.04 Å². The van der Waals surface area contributed by atoms with Gasteiger partial charge in [-0.3, -0.25) is 9.69 Å². The normalized spacial score (nSPS) is 25.1. The molecule has 4 nitrogen and oxygen atoms in total. The van der Waals surface area contributed by atoms with Gasteiger partial charge in [-0.25, -0.2) is 0 Å². The Bertz CT molecular complexity index is 196. The Labute approximate surface area is 84.2 Å². The molecule has 2 fully saturated rings. The molecule has 0 spiro atoms. The Balaban J connectivity index is 0.000000980. The number of aliphatic carboxylic acids is 1. The first-order chi connectivity index (χ1) is 6.27.